The first-order valence-electron chi connectivity index (χ1n) is 1.77. The molecule has 37 valence electrons. The van der Waals surface area contributed by atoms with E-state index in [4.69, 9.17) is 0 Å². The van der Waals surface area contributed by atoms with Gasteiger partial charge in [-0.05, 0) is 0 Å². The Balaban J connectivity index is 3.46. The van der Waals surface area contributed by atoms with Crippen molar-refractivity contribution in [3.8, 4) is 0 Å². The molecule has 0 atom stereocenters. The molecule has 0 unspecified atom stereocenters. The van der Waals surface area contributed by atoms with E-state index in [-0.39, 0.29) is 0 Å². The molecule has 0 bridgehead atoms. The number of rotatable bonds is 2. The summed E-state index contributed by atoms with van der Waals surface area (Å²) >= 11 is 0. The monoisotopic (exact) mass is 97.0 g/mol. The van der Waals surface area contributed by atoms with Crippen molar-refractivity contribution in [1.29, 1.82) is 0 Å². The fraction of sp³-hybridized carbons (Fsp3) is 0. The van der Waals surface area contributed by atoms with Crippen LogP contribution >= 0.6 is 0 Å². The molecule has 0 aliphatic heterocycles. The maximum absolute atomic E-state index is 9.51. The number of carbonyl (C=O) groups excluding carboxylic acids is 1. The second-order valence-electron chi connectivity index (χ2n) is 0.914. The topological polar surface area (TPSA) is 37.0 Å². The first-order chi connectivity index (χ1) is 3.27. The summed E-state index contributed by atoms with van der Waals surface area (Å²) in [4.78, 5) is 9.51. The standard InChI is InChI=1S/C5H5O2/c1-2-3-4-5(6)7/h2-4H,1H2. The fourth-order valence-corrected chi connectivity index (χ4v) is 0.147. The first-order valence-corrected chi connectivity index (χ1v) is 1.77. The maximum Gasteiger partial charge on any atom is 0.379 e. The summed E-state index contributed by atoms with van der Waals surface area (Å²) in [6, 6.07) is 0. The predicted octanol–water partition coefficient (Wildman–Crippen LogP) is 0.686. The molecule has 0 aliphatic carbocycles. The molecule has 0 saturated heterocycles. The minimum Gasteiger partial charge on any atom is -0.242 e. The molecule has 0 aromatic carbocycles. The zero-order valence-electron chi connectivity index (χ0n) is 3.76. The highest BCUT2D eigenvalue weighted by Gasteiger charge is 1.82. The fourth-order valence-electron chi connectivity index (χ4n) is 0.147. The highest BCUT2D eigenvalue weighted by molar-refractivity contribution is 5.79. The molecule has 0 aromatic rings. The van der Waals surface area contributed by atoms with Gasteiger partial charge in [-0.3, -0.25) is 0 Å². The van der Waals surface area contributed by atoms with Gasteiger partial charge in [0, 0.05) is 6.08 Å². The third-order valence-corrected chi connectivity index (χ3v) is 0.368. The highest BCUT2D eigenvalue weighted by atomic mass is 16.4. The molecular weight excluding hydrogens is 92.1 g/mol. The normalized spacial score (nSPS) is 9.14. The van der Waals surface area contributed by atoms with Crippen molar-refractivity contribution in [2.24, 2.45) is 0 Å². The van der Waals surface area contributed by atoms with E-state index in [9.17, 15) is 9.90 Å². The van der Waals surface area contributed by atoms with Gasteiger partial charge < -0.3 is 0 Å². The molecule has 0 aliphatic rings. The van der Waals surface area contributed by atoms with Crippen LogP contribution < -0.4 is 0 Å². The van der Waals surface area contributed by atoms with Crippen molar-refractivity contribution >= 4 is 5.97 Å². The van der Waals surface area contributed by atoms with Crippen LogP contribution in [0.15, 0.2) is 24.8 Å². The average molecular weight is 97.1 g/mol. The molecule has 0 aromatic heterocycles. The lowest BCUT2D eigenvalue weighted by molar-refractivity contribution is -0.137. The third-order valence-electron chi connectivity index (χ3n) is 0.368. The Kier molecular flexibility index (Phi) is 2.68. The minimum atomic E-state index is -1.19. The lowest BCUT2D eigenvalue weighted by Gasteiger charge is -1.65. The van der Waals surface area contributed by atoms with E-state index in [0.717, 1.165) is 6.08 Å². The second-order valence-corrected chi connectivity index (χ2v) is 0.914. The largest absolute Gasteiger partial charge is 0.379 e. The summed E-state index contributed by atoms with van der Waals surface area (Å²) in [6.07, 6.45) is 3.58. The van der Waals surface area contributed by atoms with E-state index in [1.54, 1.807) is 0 Å². The summed E-state index contributed by atoms with van der Waals surface area (Å²) in [5.74, 6) is -1.19. The Morgan fingerprint density at radius 2 is 2.14 bits per heavy atom. The smallest absolute Gasteiger partial charge is 0.242 e. The molecule has 0 saturated carbocycles. The second kappa shape index (κ2) is 3.15. The van der Waals surface area contributed by atoms with Crippen LogP contribution in [0.4, 0.5) is 0 Å². The Morgan fingerprint density at radius 3 is 2.29 bits per heavy atom. The zero-order valence-corrected chi connectivity index (χ0v) is 3.76. The number of hydrogen-bond acceptors (Lipinski definition) is 1. The van der Waals surface area contributed by atoms with Crippen molar-refractivity contribution in [3.63, 3.8) is 0 Å². The average Bonchev–Trinajstić information content (AvgIpc) is 1.61. The summed E-state index contributed by atoms with van der Waals surface area (Å²) in [6.45, 7) is 3.25. The minimum absolute atomic E-state index is 0.910. The molecule has 0 fully saturated rings. The molecule has 0 amide bonds. The van der Waals surface area contributed by atoms with E-state index in [2.05, 4.69) is 6.58 Å². The molecule has 0 rings (SSSR count). The van der Waals surface area contributed by atoms with Crippen LogP contribution in [0.5, 0.6) is 0 Å². The van der Waals surface area contributed by atoms with Crippen LogP contribution in [0, 0.1) is 0 Å². The van der Waals surface area contributed by atoms with Gasteiger partial charge >= 0.3 is 5.97 Å². The van der Waals surface area contributed by atoms with E-state index in [0.29, 0.717) is 0 Å². The summed E-state index contributed by atoms with van der Waals surface area (Å²) in [5.41, 5.74) is 0. The van der Waals surface area contributed by atoms with Gasteiger partial charge in [-0.25, -0.2) is 9.90 Å². The number of carbonyl (C=O) groups is 1. The van der Waals surface area contributed by atoms with E-state index in [1.807, 2.05) is 0 Å². The molecular formula is C5H5O2. The van der Waals surface area contributed by atoms with Crippen LogP contribution in [0.25, 0.3) is 0 Å². The van der Waals surface area contributed by atoms with Crippen LogP contribution in [0.3, 0.4) is 0 Å². The van der Waals surface area contributed by atoms with Gasteiger partial charge in [0.2, 0.25) is 0 Å². The van der Waals surface area contributed by atoms with Crippen molar-refractivity contribution in [2.75, 3.05) is 0 Å². The molecule has 0 spiro atoms. The van der Waals surface area contributed by atoms with Gasteiger partial charge in [-0.2, -0.15) is 0 Å². The van der Waals surface area contributed by atoms with E-state index >= 15 is 0 Å². The predicted molar refractivity (Wildman–Crippen MR) is 25.0 cm³/mol. The van der Waals surface area contributed by atoms with Gasteiger partial charge in [-0.1, -0.05) is 18.7 Å². The quantitative estimate of drug-likeness (QED) is 0.369. The van der Waals surface area contributed by atoms with Crippen LogP contribution in [-0.4, -0.2) is 5.97 Å². The molecule has 0 heterocycles. The van der Waals surface area contributed by atoms with Crippen LogP contribution in [-0.2, 0) is 9.90 Å². The summed E-state index contributed by atoms with van der Waals surface area (Å²) < 4.78 is 0. The van der Waals surface area contributed by atoms with Crippen molar-refractivity contribution < 1.29 is 9.90 Å². The van der Waals surface area contributed by atoms with Gasteiger partial charge in [0.1, 0.15) is 0 Å². The third kappa shape index (κ3) is 4.95. The SMILES string of the molecule is C=CC=CC([O])=O. The Labute approximate surface area is 41.8 Å². The summed E-state index contributed by atoms with van der Waals surface area (Å²) in [5, 5.41) is 9.51. The van der Waals surface area contributed by atoms with E-state index in [1.165, 1.54) is 12.2 Å². The van der Waals surface area contributed by atoms with Crippen molar-refractivity contribution in [1.82, 2.24) is 0 Å². The Hall–Kier alpha value is -1.05. The molecule has 2 nitrogen and oxygen atoms in total. The molecule has 0 N–H and O–H groups in total. The Bertz CT molecular complexity index is 103. The first kappa shape index (κ1) is 5.95. The van der Waals surface area contributed by atoms with Gasteiger partial charge in [0.25, 0.3) is 0 Å². The number of allylic oxidation sites excluding steroid dienone is 2. The molecule has 7 heavy (non-hydrogen) atoms. The zero-order chi connectivity index (χ0) is 5.70. The lowest BCUT2D eigenvalue weighted by Crippen LogP contribution is -1.80. The van der Waals surface area contributed by atoms with Gasteiger partial charge in [0.05, 0.1) is 0 Å². The van der Waals surface area contributed by atoms with Crippen molar-refractivity contribution in [2.45, 2.75) is 0 Å². The van der Waals surface area contributed by atoms with Crippen molar-refractivity contribution in [3.05, 3.63) is 24.8 Å². The van der Waals surface area contributed by atoms with Crippen LogP contribution in [0.1, 0.15) is 0 Å². The van der Waals surface area contributed by atoms with Gasteiger partial charge in [0.15, 0.2) is 0 Å². The molecule has 1 radical (unpaired) electrons. The molecule has 2 heteroatoms. The highest BCUT2D eigenvalue weighted by Crippen LogP contribution is 1.70. The summed E-state index contributed by atoms with van der Waals surface area (Å²) in [7, 11) is 0. The van der Waals surface area contributed by atoms with Crippen LogP contribution in [0.2, 0.25) is 0 Å². The lowest BCUT2D eigenvalue weighted by atomic mass is 10.5. The Morgan fingerprint density at radius 1 is 1.57 bits per heavy atom. The maximum atomic E-state index is 9.51. The van der Waals surface area contributed by atoms with E-state index < -0.39 is 5.97 Å². The number of hydrogen-bond donors (Lipinski definition) is 0. The van der Waals surface area contributed by atoms with Gasteiger partial charge in [-0.15, -0.1) is 0 Å².